The number of nitrogens with two attached hydrogens (primary N) is 1. The summed E-state index contributed by atoms with van der Waals surface area (Å²) in [5.74, 6) is -0.864. The Labute approximate surface area is 199 Å². The number of nitrogens with one attached hydrogen (secondary N) is 2. The van der Waals surface area contributed by atoms with Crippen LogP contribution in [0, 0.1) is 22.5 Å². The number of hydrogen-bond donors (Lipinski definition) is 3. The van der Waals surface area contributed by atoms with Crippen LogP contribution in [-0.2, 0) is 0 Å². The molecule has 0 aromatic heterocycles. The van der Waals surface area contributed by atoms with E-state index < -0.39 is 5.82 Å². The Hall–Kier alpha value is -2.95. The maximum Gasteiger partial charge on any atom is 0.148 e. The van der Waals surface area contributed by atoms with E-state index in [-0.39, 0.29) is 28.3 Å². The van der Waals surface area contributed by atoms with Gasteiger partial charge in [0.25, 0.3) is 0 Å². The summed E-state index contributed by atoms with van der Waals surface area (Å²) in [6.45, 7) is 18.2. The first-order valence-electron chi connectivity index (χ1n) is 11.9. The van der Waals surface area contributed by atoms with Crippen LogP contribution in [0.4, 0.5) is 20.2 Å². The van der Waals surface area contributed by atoms with Crippen LogP contribution >= 0.6 is 0 Å². The molecule has 3 rings (SSSR count). The van der Waals surface area contributed by atoms with Crippen molar-refractivity contribution < 1.29 is 8.78 Å². The SMILES string of the molecule is C=C(Nc1cc(C(=N)/C=C/c2ccccc2F)c(N)cc1F)C1(CC)CC1.CC.CC.CC. The van der Waals surface area contributed by atoms with Crippen molar-refractivity contribution in [3.05, 3.63) is 77.5 Å². The second-order valence-electron chi connectivity index (χ2n) is 6.93. The van der Waals surface area contributed by atoms with Gasteiger partial charge in [-0.2, -0.15) is 0 Å². The summed E-state index contributed by atoms with van der Waals surface area (Å²) < 4.78 is 28.1. The summed E-state index contributed by atoms with van der Waals surface area (Å²) in [7, 11) is 0. The second kappa shape index (κ2) is 15.0. The third-order valence-electron chi connectivity index (χ3n) is 5.22. The minimum atomic E-state index is -0.491. The lowest BCUT2D eigenvalue weighted by atomic mass is 9.99. The molecule has 2 aromatic carbocycles. The van der Waals surface area contributed by atoms with Crippen molar-refractivity contribution in [3.63, 3.8) is 0 Å². The number of anilines is 2. The van der Waals surface area contributed by atoms with Crippen LogP contribution in [-0.4, -0.2) is 5.71 Å². The van der Waals surface area contributed by atoms with Crippen molar-refractivity contribution in [2.24, 2.45) is 5.41 Å². The van der Waals surface area contributed by atoms with Gasteiger partial charge in [-0.3, -0.25) is 0 Å². The lowest BCUT2D eigenvalue weighted by Crippen LogP contribution is -2.13. The zero-order valence-corrected chi connectivity index (χ0v) is 21.3. The summed E-state index contributed by atoms with van der Waals surface area (Å²) >= 11 is 0. The minimum Gasteiger partial charge on any atom is -0.398 e. The molecule has 1 fully saturated rings. The van der Waals surface area contributed by atoms with E-state index in [1.54, 1.807) is 18.2 Å². The zero-order valence-electron chi connectivity index (χ0n) is 21.3. The predicted octanol–water partition coefficient (Wildman–Crippen LogP) is 8.82. The monoisotopic (exact) mass is 457 g/mol. The Kier molecular flexibility index (Phi) is 13.6. The number of halogens is 2. The first-order chi connectivity index (χ1) is 15.9. The Balaban J connectivity index is 0.00000158. The Morgan fingerprint density at radius 2 is 1.64 bits per heavy atom. The fourth-order valence-corrected chi connectivity index (χ4v) is 3.11. The minimum absolute atomic E-state index is 0.0340. The van der Waals surface area contributed by atoms with Gasteiger partial charge >= 0.3 is 0 Å². The molecule has 4 N–H and O–H groups in total. The average Bonchev–Trinajstić information content (AvgIpc) is 3.65. The molecule has 0 spiro atoms. The largest absolute Gasteiger partial charge is 0.398 e. The van der Waals surface area contributed by atoms with Gasteiger partial charge in [-0.05, 0) is 49.6 Å². The molecule has 3 nitrogen and oxygen atoms in total. The van der Waals surface area contributed by atoms with Crippen LogP contribution < -0.4 is 11.1 Å². The molecule has 33 heavy (non-hydrogen) atoms. The number of rotatable bonds is 7. The van der Waals surface area contributed by atoms with E-state index in [2.05, 4.69) is 18.8 Å². The van der Waals surface area contributed by atoms with Gasteiger partial charge in [-0.1, -0.05) is 73.2 Å². The summed E-state index contributed by atoms with van der Waals surface area (Å²) in [6, 6.07) is 8.99. The van der Waals surface area contributed by atoms with E-state index in [4.69, 9.17) is 11.1 Å². The van der Waals surface area contributed by atoms with Crippen LogP contribution in [0.2, 0.25) is 0 Å². The quantitative estimate of drug-likeness (QED) is 0.287. The predicted molar refractivity (Wildman–Crippen MR) is 142 cm³/mol. The Bertz CT molecular complexity index is 929. The van der Waals surface area contributed by atoms with Crippen molar-refractivity contribution in [3.8, 4) is 0 Å². The molecule has 0 unspecified atom stereocenters. The Morgan fingerprint density at radius 3 is 2.15 bits per heavy atom. The highest BCUT2D eigenvalue weighted by atomic mass is 19.1. The van der Waals surface area contributed by atoms with Gasteiger partial charge in [0.15, 0.2) is 0 Å². The highest BCUT2D eigenvalue weighted by Crippen LogP contribution is 2.54. The van der Waals surface area contributed by atoms with Gasteiger partial charge in [0, 0.05) is 27.9 Å². The standard InChI is InChI=1S/C22H23F2N3.3C2H6/c1-3-22(10-11-22)14(2)27-21-12-16(20(26)13-18(21)24)19(25)9-8-15-6-4-5-7-17(15)23;3*1-2/h4-9,12-13,25,27H,2-3,10-11,26H2,1H3;3*1-2H3/b9-8+,25-19?;;;. The van der Waals surface area contributed by atoms with E-state index >= 15 is 0 Å². The van der Waals surface area contributed by atoms with Gasteiger partial charge in [-0.15, -0.1) is 0 Å². The van der Waals surface area contributed by atoms with Crippen molar-refractivity contribution >= 4 is 23.2 Å². The molecule has 0 aliphatic heterocycles. The van der Waals surface area contributed by atoms with Crippen LogP contribution in [0.3, 0.4) is 0 Å². The van der Waals surface area contributed by atoms with E-state index in [1.165, 1.54) is 30.4 Å². The number of nitrogen functional groups attached to an aromatic ring is 1. The molecule has 2 aromatic rings. The topological polar surface area (TPSA) is 61.9 Å². The maximum atomic E-state index is 14.3. The normalized spacial score (nSPS) is 12.8. The molecule has 0 bridgehead atoms. The van der Waals surface area contributed by atoms with Gasteiger partial charge < -0.3 is 16.5 Å². The number of allylic oxidation sites excluding steroid dienone is 2. The molecule has 5 heteroatoms. The Morgan fingerprint density at radius 1 is 1.06 bits per heavy atom. The molecule has 1 aliphatic carbocycles. The highest BCUT2D eigenvalue weighted by molar-refractivity contribution is 6.12. The second-order valence-corrected chi connectivity index (χ2v) is 6.93. The van der Waals surface area contributed by atoms with Crippen molar-refractivity contribution in [2.45, 2.75) is 67.7 Å². The zero-order chi connectivity index (χ0) is 25.6. The molecule has 1 saturated carbocycles. The lowest BCUT2D eigenvalue weighted by Gasteiger charge is -2.19. The molecule has 182 valence electrons. The van der Waals surface area contributed by atoms with Gasteiger partial charge in [0.1, 0.15) is 11.6 Å². The smallest absolute Gasteiger partial charge is 0.148 e. The first kappa shape index (κ1) is 30.0. The van der Waals surface area contributed by atoms with Crippen LogP contribution in [0.25, 0.3) is 6.08 Å². The fourth-order valence-electron chi connectivity index (χ4n) is 3.11. The average molecular weight is 458 g/mol. The molecule has 0 radical (unpaired) electrons. The van der Waals surface area contributed by atoms with Crippen molar-refractivity contribution in [1.82, 2.24) is 0 Å². The number of benzene rings is 2. The van der Waals surface area contributed by atoms with Crippen LogP contribution in [0.5, 0.6) is 0 Å². The van der Waals surface area contributed by atoms with Crippen molar-refractivity contribution in [2.75, 3.05) is 11.1 Å². The van der Waals surface area contributed by atoms with Crippen molar-refractivity contribution in [1.29, 1.82) is 5.41 Å². The van der Waals surface area contributed by atoms with E-state index in [1.807, 2.05) is 41.5 Å². The number of hydrogen-bond acceptors (Lipinski definition) is 3. The highest BCUT2D eigenvalue weighted by Gasteiger charge is 2.43. The molecular formula is C28H41F2N3. The van der Waals surface area contributed by atoms with Gasteiger partial charge in [0.05, 0.1) is 11.4 Å². The molecule has 0 heterocycles. The van der Waals surface area contributed by atoms with E-state index in [0.717, 1.165) is 25.0 Å². The summed E-state index contributed by atoms with van der Waals surface area (Å²) in [6.07, 6.45) is 5.99. The molecule has 1 aliphatic rings. The van der Waals surface area contributed by atoms with E-state index in [0.29, 0.717) is 11.1 Å². The maximum absolute atomic E-state index is 14.3. The van der Waals surface area contributed by atoms with Crippen LogP contribution in [0.15, 0.2) is 54.8 Å². The molecule has 0 atom stereocenters. The molecular weight excluding hydrogens is 416 g/mol. The van der Waals surface area contributed by atoms with Gasteiger partial charge in [0.2, 0.25) is 0 Å². The third kappa shape index (κ3) is 8.16. The van der Waals surface area contributed by atoms with Crippen LogP contribution in [0.1, 0.15) is 78.9 Å². The third-order valence-corrected chi connectivity index (χ3v) is 5.22. The fraction of sp³-hybridized carbons (Fsp3) is 0.393. The first-order valence-corrected chi connectivity index (χ1v) is 11.9. The summed E-state index contributed by atoms with van der Waals surface area (Å²) in [4.78, 5) is 0. The summed E-state index contributed by atoms with van der Waals surface area (Å²) in [5, 5.41) is 11.3. The molecule has 0 saturated heterocycles. The van der Waals surface area contributed by atoms with E-state index in [9.17, 15) is 8.78 Å². The molecule has 0 amide bonds. The summed E-state index contributed by atoms with van der Waals surface area (Å²) in [5.41, 5.74) is 7.94. The van der Waals surface area contributed by atoms with Gasteiger partial charge in [-0.25, -0.2) is 8.78 Å². The lowest BCUT2D eigenvalue weighted by molar-refractivity contribution is 0.585.